The van der Waals surface area contributed by atoms with Crippen LogP contribution in [0.5, 0.6) is 11.5 Å². The van der Waals surface area contributed by atoms with Crippen molar-refractivity contribution in [3.05, 3.63) is 64.1 Å². The number of ether oxygens (including phenoxy) is 2. The third-order valence-corrected chi connectivity index (χ3v) is 6.01. The third kappa shape index (κ3) is 4.66. The molecule has 6 nitrogen and oxygen atoms in total. The molecule has 1 heterocycles. The lowest BCUT2D eigenvalue weighted by atomic mass is 10.1. The van der Waals surface area contributed by atoms with Crippen LogP contribution in [0, 0.1) is 6.92 Å². The fourth-order valence-corrected chi connectivity index (χ4v) is 4.31. The number of benzene rings is 2. The van der Waals surface area contributed by atoms with Crippen LogP contribution in [-0.2, 0) is 16.2 Å². The Bertz CT molecular complexity index is 1030. The molecule has 1 saturated heterocycles. The number of amides is 1. The largest absolute Gasteiger partial charge is 0.548 e. The molecular weight excluding hydrogens is 422 g/mol. The Balaban J connectivity index is 1.79. The average Bonchev–Trinajstić information content (AvgIpc) is 3.00. The van der Waals surface area contributed by atoms with Crippen molar-refractivity contribution in [3.63, 3.8) is 0 Å². The second-order valence-electron chi connectivity index (χ2n) is 6.67. The number of thioether (sulfide) groups is 1. The van der Waals surface area contributed by atoms with Crippen LogP contribution in [-0.4, -0.2) is 34.2 Å². The summed E-state index contributed by atoms with van der Waals surface area (Å²) in [5, 5.41) is 11.1. The fraction of sp³-hybridized carbons (Fsp3) is 0.227. The quantitative estimate of drug-likeness (QED) is 0.482. The summed E-state index contributed by atoms with van der Waals surface area (Å²) in [6, 6.07) is 12.2. The average molecular weight is 443 g/mol. The highest BCUT2D eigenvalue weighted by atomic mass is 32.2. The Morgan fingerprint density at radius 2 is 2.00 bits per heavy atom. The molecule has 0 spiro atoms. The minimum atomic E-state index is -1.36. The molecule has 1 aliphatic rings. The summed E-state index contributed by atoms with van der Waals surface area (Å²) in [4.78, 5) is 25.1. The molecule has 0 N–H and O–H groups in total. The van der Waals surface area contributed by atoms with Gasteiger partial charge >= 0.3 is 0 Å². The molecule has 0 aromatic heterocycles. The molecule has 1 aliphatic heterocycles. The van der Waals surface area contributed by atoms with E-state index in [0.717, 1.165) is 27.8 Å². The normalized spacial score (nSPS) is 16.1. The van der Waals surface area contributed by atoms with E-state index in [-0.39, 0.29) is 4.32 Å². The maximum absolute atomic E-state index is 12.6. The molecule has 0 radical (unpaired) electrons. The standard InChI is InChI=1S/C22H21NO5S2/c1-13-6-4-5-7-16(13)12-28-17-9-8-15(10-18(17)27-3)11-19-20(24)23(22(29)30-19)14(2)21(25)26/h4-11,14H,12H2,1-3H3,(H,25,26)/p-1/b19-11-/t14-/m1/s1. The number of carboxylic acids is 1. The van der Waals surface area contributed by atoms with Gasteiger partial charge in [0, 0.05) is 0 Å². The SMILES string of the molecule is COc1cc(/C=C2\SC(=S)N([C@H](C)C(=O)[O-])C2=O)ccc1OCc1ccccc1C. The van der Waals surface area contributed by atoms with E-state index in [4.69, 9.17) is 21.7 Å². The number of hydrogen-bond donors (Lipinski definition) is 0. The summed E-state index contributed by atoms with van der Waals surface area (Å²) in [7, 11) is 1.54. The highest BCUT2D eigenvalue weighted by Gasteiger charge is 2.35. The molecule has 3 rings (SSSR count). The molecule has 2 aromatic carbocycles. The second-order valence-corrected chi connectivity index (χ2v) is 8.35. The van der Waals surface area contributed by atoms with Gasteiger partial charge in [-0.15, -0.1) is 0 Å². The predicted octanol–water partition coefficient (Wildman–Crippen LogP) is 2.92. The van der Waals surface area contributed by atoms with Crippen LogP contribution >= 0.6 is 24.0 Å². The van der Waals surface area contributed by atoms with E-state index in [1.165, 1.54) is 6.92 Å². The molecular formula is C22H20NO5S2-. The summed E-state index contributed by atoms with van der Waals surface area (Å²) < 4.78 is 11.5. The zero-order valence-corrected chi connectivity index (χ0v) is 18.3. The van der Waals surface area contributed by atoms with Gasteiger partial charge < -0.3 is 19.4 Å². The smallest absolute Gasteiger partial charge is 0.266 e. The molecule has 2 aromatic rings. The van der Waals surface area contributed by atoms with E-state index in [9.17, 15) is 14.7 Å². The maximum Gasteiger partial charge on any atom is 0.266 e. The van der Waals surface area contributed by atoms with E-state index in [1.807, 2.05) is 31.2 Å². The van der Waals surface area contributed by atoms with Gasteiger partial charge in [-0.2, -0.15) is 0 Å². The maximum atomic E-state index is 12.6. The van der Waals surface area contributed by atoms with Gasteiger partial charge in [0.05, 0.1) is 24.0 Å². The Hall–Kier alpha value is -2.84. The predicted molar refractivity (Wildman–Crippen MR) is 118 cm³/mol. The minimum absolute atomic E-state index is 0.188. The van der Waals surface area contributed by atoms with E-state index in [1.54, 1.807) is 31.4 Å². The number of methoxy groups -OCH3 is 1. The van der Waals surface area contributed by atoms with Gasteiger partial charge in [0.15, 0.2) is 11.5 Å². The van der Waals surface area contributed by atoms with Crippen molar-refractivity contribution in [2.24, 2.45) is 0 Å². The van der Waals surface area contributed by atoms with Crippen molar-refractivity contribution in [2.75, 3.05) is 7.11 Å². The summed E-state index contributed by atoms with van der Waals surface area (Å²) >= 11 is 6.21. The van der Waals surface area contributed by atoms with Gasteiger partial charge in [0.2, 0.25) is 0 Å². The van der Waals surface area contributed by atoms with E-state index >= 15 is 0 Å². The zero-order chi connectivity index (χ0) is 21.8. The monoisotopic (exact) mass is 442 g/mol. The van der Waals surface area contributed by atoms with Crippen LogP contribution in [0.4, 0.5) is 0 Å². The lowest BCUT2D eigenvalue weighted by molar-refractivity contribution is -0.309. The van der Waals surface area contributed by atoms with Crippen LogP contribution < -0.4 is 14.6 Å². The van der Waals surface area contributed by atoms with Gasteiger partial charge in [-0.1, -0.05) is 54.3 Å². The highest BCUT2D eigenvalue weighted by Crippen LogP contribution is 2.35. The molecule has 1 amide bonds. The molecule has 0 saturated carbocycles. The van der Waals surface area contributed by atoms with Crippen LogP contribution in [0.2, 0.25) is 0 Å². The van der Waals surface area contributed by atoms with Crippen molar-refractivity contribution in [2.45, 2.75) is 26.5 Å². The molecule has 1 fully saturated rings. The highest BCUT2D eigenvalue weighted by molar-refractivity contribution is 8.26. The molecule has 1 atom stereocenters. The summed E-state index contributed by atoms with van der Waals surface area (Å²) in [5.41, 5.74) is 2.92. The Morgan fingerprint density at radius 1 is 1.27 bits per heavy atom. The third-order valence-electron chi connectivity index (χ3n) is 4.68. The van der Waals surface area contributed by atoms with Gasteiger partial charge in [-0.25, -0.2) is 0 Å². The molecule has 8 heteroatoms. The van der Waals surface area contributed by atoms with Crippen molar-refractivity contribution in [3.8, 4) is 11.5 Å². The molecule has 156 valence electrons. The number of hydrogen-bond acceptors (Lipinski definition) is 7. The Labute approximate surface area is 184 Å². The van der Waals surface area contributed by atoms with Crippen LogP contribution in [0.3, 0.4) is 0 Å². The van der Waals surface area contributed by atoms with E-state index < -0.39 is 17.9 Å². The minimum Gasteiger partial charge on any atom is -0.548 e. The topological polar surface area (TPSA) is 78.9 Å². The van der Waals surface area contributed by atoms with E-state index in [2.05, 4.69) is 0 Å². The summed E-state index contributed by atoms with van der Waals surface area (Å²) in [6.45, 7) is 3.80. The molecule has 0 bridgehead atoms. The van der Waals surface area contributed by atoms with Gasteiger partial charge in [0.1, 0.15) is 10.9 Å². The number of aliphatic carboxylic acids is 1. The lowest BCUT2D eigenvalue weighted by Gasteiger charge is -2.23. The van der Waals surface area contributed by atoms with Crippen LogP contribution in [0.1, 0.15) is 23.6 Å². The first-order valence-electron chi connectivity index (χ1n) is 9.15. The van der Waals surface area contributed by atoms with Crippen LogP contribution in [0.15, 0.2) is 47.4 Å². The number of carboxylic acid groups (broad SMARTS) is 1. The molecule has 30 heavy (non-hydrogen) atoms. The number of rotatable bonds is 7. The van der Waals surface area contributed by atoms with Crippen LogP contribution in [0.25, 0.3) is 6.08 Å². The number of carbonyl (C=O) groups is 2. The van der Waals surface area contributed by atoms with Crippen molar-refractivity contribution in [1.82, 2.24) is 4.90 Å². The Morgan fingerprint density at radius 3 is 2.67 bits per heavy atom. The molecule has 0 aliphatic carbocycles. The first kappa shape index (κ1) is 21.9. The number of thiocarbonyl (C=S) groups is 1. The number of nitrogens with zero attached hydrogens (tertiary/aromatic N) is 1. The van der Waals surface area contributed by atoms with Gasteiger partial charge in [0.25, 0.3) is 5.91 Å². The van der Waals surface area contributed by atoms with Gasteiger partial charge in [-0.3, -0.25) is 9.69 Å². The second kappa shape index (κ2) is 9.32. The summed E-state index contributed by atoms with van der Waals surface area (Å²) in [6.07, 6.45) is 1.65. The van der Waals surface area contributed by atoms with Crippen molar-refractivity contribution >= 4 is 46.3 Å². The summed E-state index contributed by atoms with van der Waals surface area (Å²) in [5.74, 6) is -0.711. The number of carbonyl (C=O) groups excluding carboxylic acids is 2. The fourth-order valence-electron chi connectivity index (χ4n) is 2.89. The first-order chi connectivity index (χ1) is 14.3. The first-order valence-corrected chi connectivity index (χ1v) is 10.4. The number of aryl methyl sites for hydroxylation is 1. The Kier molecular flexibility index (Phi) is 6.79. The van der Waals surface area contributed by atoms with Crippen molar-refractivity contribution < 1.29 is 24.2 Å². The zero-order valence-electron chi connectivity index (χ0n) is 16.7. The van der Waals surface area contributed by atoms with Gasteiger partial charge in [-0.05, 0) is 48.7 Å². The molecule has 0 unspecified atom stereocenters. The van der Waals surface area contributed by atoms with Crippen molar-refractivity contribution in [1.29, 1.82) is 0 Å². The van der Waals surface area contributed by atoms with E-state index in [0.29, 0.717) is 28.6 Å². The lowest BCUT2D eigenvalue weighted by Crippen LogP contribution is -2.48.